The maximum atomic E-state index is 5.61. The number of ether oxygens (including phenoxy) is 1. The van der Waals surface area contributed by atoms with E-state index in [1.807, 2.05) is 6.20 Å². The molecule has 4 heterocycles. The van der Waals surface area contributed by atoms with Gasteiger partial charge in [0.05, 0.1) is 23.4 Å². The van der Waals surface area contributed by atoms with Crippen LogP contribution in [0.4, 0.5) is 5.95 Å². The molecule has 3 aromatic heterocycles. The molecule has 1 aliphatic rings. The third-order valence-electron chi connectivity index (χ3n) is 5.24. The van der Waals surface area contributed by atoms with Gasteiger partial charge in [0.25, 0.3) is 0 Å². The van der Waals surface area contributed by atoms with Crippen LogP contribution in [0.15, 0.2) is 48.2 Å². The molecule has 0 bridgehead atoms. The van der Waals surface area contributed by atoms with Crippen molar-refractivity contribution in [3.63, 3.8) is 0 Å². The zero-order valence-corrected chi connectivity index (χ0v) is 17.3. The Morgan fingerprint density at radius 3 is 2.47 bits per heavy atom. The molecule has 8 heteroatoms. The molecule has 1 aromatic carbocycles. The average molecular weight is 419 g/mol. The van der Waals surface area contributed by atoms with E-state index in [4.69, 9.17) is 15.5 Å². The second-order valence-electron chi connectivity index (χ2n) is 7.36. The van der Waals surface area contributed by atoms with Gasteiger partial charge in [0, 0.05) is 61.2 Å². The van der Waals surface area contributed by atoms with Crippen LogP contribution in [0, 0.1) is 0 Å². The van der Waals surface area contributed by atoms with E-state index < -0.39 is 0 Å². The normalized spacial score (nSPS) is 14.9. The third kappa shape index (κ3) is 4.16. The lowest BCUT2D eigenvalue weighted by Crippen LogP contribution is -2.35. The van der Waals surface area contributed by atoms with Crippen LogP contribution in [0.3, 0.4) is 0 Å². The maximum absolute atomic E-state index is 5.61. The molecule has 1 saturated heterocycles. The minimum atomic E-state index is 0.269. The van der Waals surface area contributed by atoms with Gasteiger partial charge < -0.3 is 10.5 Å². The van der Waals surface area contributed by atoms with E-state index in [0.717, 1.165) is 60.0 Å². The molecule has 2 N–H and O–H groups in total. The van der Waals surface area contributed by atoms with Crippen LogP contribution in [0.5, 0.6) is 0 Å². The number of thiophene rings is 1. The summed E-state index contributed by atoms with van der Waals surface area (Å²) in [5.74, 6) is 1.07. The number of rotatable bonds is 5. The zero-order valence-electron chi connectivity index (χ0n) is 16.5. The van der Waals surface area contributed by atoms with Gasteiger partial charge in [0.2, 0.25) is 5.95 Å². The van der Waals surface area contributed by atoms with Crippen molar-refractivity contribution in [1.29, 1.82) is 0 Å². The number of hydrogen-bond donors (Lipinski definition) is 1. The number of hydrogen-bond acceptors (Lipinski definition) is 8. The quantitative estimate of drug-likeness (QED) is 0.532. The van der Waals surface area contributed by atoms with Crippen LogP contribution in [0.2, 0.25) is 0 Å². The highest BCUT2D eigenvalue weighted by molar-refractivity contribution is 7.17. The number of benzene rings is 1. The second-order valence-corrected chi connectivity index (χ2v) is 8.27. The lowest BCUT2D eigenvalue weighted by molar-refractivity contribution is 0.0342. The number of morpholine rings is 1. The number of fused-ring (bicyclic) bond motifs is 1. The molecule has 1 fully saturated rings. The van der Waals surface area contributed by atoms with Gasteiger partial charge in [-0.1, -0.05) is 24.3 Å². The summed E-state index contributed by atoms with van der Waals surface area (Å²) in [5.41, 5.74) is 11.0. The molecule has 4 aromatic rings. The standard InChI is InChI=1S/C22H22N6OS/c23-22-25-10-17(11-26-22)18-14-30-19-12-24-20(27-21(18)19)9-15-1-3-16(4-2-15)13-28-5-7-29-8-6-28/h1-4,10-12,14H,5-9,13H2,(H2,23,25,26). The summed E-state index contributed by atoms with van der Waals surface area (Å²) in [6.45, 7) is 4.61. The van der Waals surface area contributed by atoms with Gasteiger partial charge in [-0.3, -0.25) is 4.90 Å². The molecule has 0 unspecified atom stereocenters. The number of nitrogens with two attached hydrogens (primary N) is 1. The van der Waals surface area contributed by atoms with Crippen molar-refractivity contribution in [2.45, 2.75) is 13.0 Å². The Balaban J connectivity index is 1.33. The molecular weight excluding hydrogens is 396 g/mol. The van der Waals surface area contributed by atoms with Gasteiger partial charge in [0.1, 0.15) is 5.82 Å². The van der Waals surface area contributed by atoms with E-state index in [-0.39, 0.29) is 5.95 Å². The van der Waals surface area contributed by atoms with E-state index in [2.05, 4.69) is 49.5 Å². The fourth-order valence-electron chi connectivity index (χ4n) is 3.59. The molecule has 30 heavy (non-hydrogen) atoms. The molecule has 1 aliphatic heterocycles. The molecule has 0 saturated carbocycles. The summed E-state index contributed by atoms with van der Waals surface area (Å²) < 4.78 is 6.47. The van der Waals surface area contributed by atoms with Gasteiger partial charge in [-0.15, -0.1) is 11.3 Å². The first-order valence-corrected chi connectivity index (χ1v) is 10.8. The fourth-order valence-corrected chi connectivity index (χ4v) is 4.47. The Labute approximate surface area is 178 Å². The van der Waals surface area contributed by atoms with E-state index in [1.165, 1.54) is 11.1 Å². The van der Waals surface area contributed by atoms with E-state index >= 15 is 0 Å². The summed E-state index contributed by atoms with van der Waals surface area (Å²) in [6, 6.07) is 8.74. The van der Waals surface area contributed by atoms with Crippen molar-refractivity contribution < 1.29 is 4.74 Å². The van der Waals surface area contributed by atoms with Crippen molar-refractivity contribution in [2.24, 2.45) is 0 Å². The van der Waals surface area contributed by atoms with E-state index in [1.54, 1.807) is 23.7 Å². The summed E-state index contributed by atoms with van der Waals surface area (Å²) in [7, 11) is 0. The molecule has 5 rings (SSSR count). The minimum absolute atomic E-state index is 0.269. The Kier molecular flexibility index (Phi) is 5.35. The third-order valence-corrected chi connectivity index (χ3v) is 6.15. The summed E-state index contributed by atoms with van der Waals surface area (Å²) in [4.78, 5) is 20.0. The van der Waals surface area contributed by atoms with Gasteiger partial charge in [0.15, 0.2) is 0 Å². The Hall–Kier alpha value is -2.94. The van der Waals surface area contributed by atoms with Crippen LogP contribution in [0.25, 0.3) is 21.3 Å². The minimum Gasteiger partial charge on any atom is -0.379 e. The molecule has 0 atom stereocenters. The molecule has 7 nitrogen and oxygen atoms in total. The lowest BCUT2D eigenvalue weighted by atomic mass is 10.1. The highest BCUT2D eigenvalue weighted by Gasteiger charge is 2.12. The first-order chi connectivity index (χ1) is 14.7. The van der Waals surface area contributed by atoms with Crippen LogP contribution in [-0.4, -0.2) is 51.1 Å². The van der Waals surface area contributed by atoms with Gasteiger partial charge in [-0.25, -0.2) is 19.9 Å². The first-order valence-electron chi connectivity index (χ1n) is 9.93. The Morgan fingerprint density at radius 2 is 1.70 bits per heavy atom. The fraction of sp³-hybridized carbons (Fsp3) is 0.273. The van der Waals surface area contributed by atoms with Crippen molar-refractivity contribution in [1.82, 2.24) is 24.8 Å². The van der Waals surface area contributed by atoms with Crippen LogP contribution in [0.1, 0.15) is 17.0 Å². The topological polar surface area (TPSA) is 90.0 Å². The molecular formula is C22H22N6OS. The zero-order chi connectivity index (χ0) is 20.3. The Morgan fingerprint density at radius 1 is 0.967 bits per heavy atom. The van der Waals surface area contributed by atoms with Crippen LogP contribution < -0.4 is 5.73 Å². The summed E-state index contributed by atoms with van der Waals surface area (Å²) in [6.07, 6.45) is 6.07. The predicted octanol–water partition coefficient (Wildman–Crippen LogP) is 3.15. The molecule has 0 spiro atoms. The number of anilines is 1. The number of nitrogens with zero attached hydrogens (tertiary/aromatic N) is 5. The monoisotopic (exact) mass is 418 g/mol. The van der Waals surface area contributed by atoms with Gasteiger partial charge in [-0.2, -0.15) is 0 Å². The maximum Gasteiger partial charge on any atom is 0.219 e. The van der Waals surface area contributed by atoms with Gasteiger partial charge in [-0.05, 0) is 11.1 Å². The van der Waals surface area contributed by atoms with Crippen LogP contribution >= 0.6 is 11.3 Å². The summed E-state index contributed by atoms with van der Waals surface area (Å²) >= 11 is 1.62. The van der Waals surface area contributed by atoms with E-state index in [0.29, 0.717) is 6.42 Å². The van der Waals surface area contributed by atoms with Crippen molar-refractivity contribution in [2.75, 3.05) is 32.0 Å². The smallest absolute Gasteiger partial charge is 0.219 e. The van der Waals surface area contributed by atoms with Crippen molar-refractivity contribution >= 4 is 27.5 Å². The lowest BCUT2D eigenvalue weighted by Gasteiger charge is -2.26. The molecule has 0 amide bonds. The van der Waals surface area contributed by atoms with Crippen molar-refractivity contribution in [3.8, 4) is 11.1 Å². The molecule has 0 radical (unpaired) electrons. The van der Waals surface area contributed by atoms with Crippen molar-refractivity contribution in [3.05, 3.63) is 65.2 Å². The van der Waals surface area contributed by atoms with Crippen LogP contribution in [-0.2, 0) is 17.7 Å². The second kappa shape index (κ2) is 8.43. The number of nitrogen functional groups attached to an aromatic ring is 1. The van der Waals surface area contributed by atoms with Gasteiger partial charge >= 0.3 is 0 Å². The molecule has 0 aliphatic carbocycles. The predicted molar refractivity (Wildman–Crippen MR) is 118 cm³/mol. The Bertz CT molecular complexity index is 1140. The number of aromatic nitrogens is 4. The van der Waals surface area contributed by atoms with E-state index in [9.17, 15) is 0 Å². The highest BCUT2D eigenvalue weighted by atomic mass is 32.1. The highest BCUT2D eigenvalue weighted by Crippen LogP contribution is 2.32. The SMILES string of the molecule is Nc1ncc(-c2csc3cnc(Cc4ccc(CN5CCOCC5)cc4)nc23)cn1. The average Bonchev–Trinajstić information content (AvgIpc) is 3.20. The largest absolute Gasteiger partial charge is 0.379 e. The first kappa shape index (κ1) is 19.0. The molecule has 152 valence electrons. The summed E-state index contributed by atoms with van der Waals surface area (Å²) in [5, 5.41) is 2.07.